The van der Waals surface area contributed by atoms with E-state index < -0.39 is 0 Å². The third-order valence-electron chi connectivity index (χ3n) is 1.80. The van der Waals surface area contributed by atoms with Crippen molar-refractivity contribution in [3.05, 3.63) is 23.8 Å². The van der Waals surface area contributed by atoms with Crippen LogP contribution in [0.15, 0.2) is 18.2 Å². The molecular weight excluding hydrogens is 212 g/mol. The van der Waals surface area contributed by atoms with Crippen LogP contribution in [0.2, 0.25) is 0 Å². The third kappa shape index (κ3) is 3.52. The van der Waals surface area contributed by atoms with Crippen LogP contribution in [0.1, 0.15) is 10.4 Å². The predicted molar refractivity (Wildman–Crippen MR) is 57.0 cm³/mol. The lowest BCUT2D eigenvalue weighted by Gasteiger charge is -2.11. The predicted octanol–water partition coefficient (Wildman–Crippen LogP) is 0.241. The first-order valence-corrected chi connectivity index (χ1v) is 4.88. The molecule has 0 aliphatic rings. The molecule has 88 valence electrons. The van der Waals surface area contributed by atoms with Gasteiger partial charge in [-0.05, 0) is 18.2 Å². The number of carbonyl (C=O) groups excluding carboxylic acids is 1. The minimum absolute atomic E-state index is 0.102. The summed E-state index contributed by atoms with van der Waals surface area (Å²) in [4.78, 5) is 10.6. The highest BCUT2D eigenvalue weighted by molar-refractivity contribution is 5.76. The van der Waals surface area contributed by atoms with Gasteiger partial charge in [0.05, 0.1) is 13.2 Å². The maximum absolute atomic E-state index is 10.6. The van der Waals surface area contributed by atoms with E-state index in [1.54, 1.807) is 12.1 Å². The molecule has 2 N–H and O–H groups in total. The molecule has 0 spiro atoms. The second kappa shape index (κ2) is 6.81. The maximum Gasteiger partial charge on any atom is 0.162 e. The molecule has 0 bridgehead atoms. The molecule has 0 aromatic heterocycles. The van der Waals surface area contributed by atoms with Gasteiger partial charge in [-0.25, -0.2) is 0 Å². The van der Waals surface area contributed by atoms with Crippen molar-refractivity contribution in [2.24, 2.45) is 0 Å². The summed E-state index contributed by atoms with van der Waals surface area (Å²) < 4.78 is 10.4. The number of aliphatic hydroxyl groups excluding tert-OH is 2. The number of hydrogen-bond acceptors (Lipinski definition) is 5. The summed E-state index contributed by atoms with van der Waals surface area (Å²) in [5.41, 5.74) is 0.462. The van der Waals surface area contributed by atoms with Crippen molar-refractivity contribution < 1.29 is 24.5 Å². The number of hydrogen-bond donors (Lipinski definition) is 2. The normalized spacial score (nSPS) is 9.88. The van der Waals surface area contributed by atoms with Gasteiger partial charge in [-0.3, -0.25) is 4.79 Å². The molecule has 0 aliphatic heterocycles. The van der Waals surface area contributed by atoms with Crippen LogP contribution < -0.4 is 9.47 Å². The van der Waals surface area contributed by atoms with Crippen LogP contribution in [0.4, 0.5) is 0 Å². The molecule has 1 aromatic carbocycles. The van der Waals surface area contributed by atoms with Gasteiger partial charge < -0.3 is 19.7 Å². The van der Waals surface area contributed by atoms with E-state index >= 15 is 0 Å². The summed E-state index contributed by atoms with van der Waals surface area (Å²) >= 11 is 0. The fourth-order valence-corrected chi connectivity index (χ4v) is 1.14. The van der Waals surface area contributed by atoms with Crippen LogP contribution in [0.5, 0.6) is 11.5 Å². The van der Waals surface area contributed by atoms with E-state index in [9.17, 15) is 4.79 Å². The summed E-state index contributed by atoms with van der Waals surface area (Å²) in [5, 5.41) is 17.3. The molecule has 0 aliphatic carbocycles. The average molecular weight is 226 g/mol. The Balaban J connectivity index is 2.82. The lowest BCUT2D eigenvalue weighted by Crippen LogP contribution is -2.06. The number of aldehydes is 1. The van der Waals surface area contributed by atoms with Crippen molar-refractivity contribution in [1.82, 2.24) is 0 Å². The van der Waals surface area contributed by atoms with E-state index in [-0.39, 0.29) is 26.4 Å². The summed E-state index contributed by atoms with van der Waals surface area (Å²) in [6.07, 6.45) is 0.696. The summed E-state index contributed by atoms with van der Waals surface area (Å²) in [7, 11) is 0. The highest BCUT2D eigenvalue weighted by Crippen LogP contribution is 2.27. The Morgan fingerprint density at radius 3 is 2.25 bits per heavy atom. The average Bonchev–Trinajstić information content (AvgIpc) is 2.34. The molecule has 5 heteroatoms. The van der Waals surface area contributed by atoms with Crippen molar-refractivity contribution >= 4 is 6.29 Å². The van der Waals surface area contributed by atoms with E-state index in [0.717, 1.165) is 0 Å². The van der Waals surface area contributed by atoms with Gasteiger partial charge in [-0.1, -0.05) is 0 Å². The molecule has 0 amide bonds. The Morgan fingerprint density at radius 2 is 1.69 bits per heavy atom. The molecule has 1 rings (SSSR count). The van der Waals surface area contributed by atoms with Gasteiger partial charge in [0.25, 0.3) is 0 Å². The molecule has 16 heavy (non-hydrogen) atoms. The molecular formula is C11H14O5. The van der Waals surface area contributed by atoms with Crippen molar-refractivity contribution in [2.45, 2.75) is 0 Å². The largest absolute Gasteiger partial charge is 0.487 e. The van der Waals surface area contributed by atoms with E-state index in [0.29, 0.717) is 23.3 Å². The first-order chi connectivity index (χ1) is 7.81. The summed E-state index contributed by atoms with van der Waals surface area (Å²) in [6.45, 7) is 0.0490. The monoisotopic (exact) mass is 226 g/mol. The smallest absolute Gasteiger partial charge is 0.162 e. The fourth-order valence-electron chi connectivity index (χ4n) is 1.14. The topological polar surface area (TPSA) is 76.0 Å². The molecule has 0 saturated heterocycles. The highest BCUT2D eigenvalue weighted by Gasteiger charge is 2.06. The third-order valence-corrected chi connectivity index (χ3v) is 1.80. The number of ether oxygens (including phenoxy) is 2. The number of benzene rings is 1. The molecule has 0 saturated carbocycles. The lowest BCUT2D eigenvalue weighted by molar-refractivity contribution is 0.112. The van der Waals surface area contributed by atoms with Gasteiger partial charge in [0.1, 0.15) is 19.5 Å². The summed E-state index contributed by atoms with van der Waals surface area (Å²) in [5.74, 6) is 0.820. The number of aliphatic hydroxyl groups is 2. The fraction of sp³-hybridized carbons (Fsp3) is 0.364. The molecule has 0 atom stereocenters. The minimum Gasteiger partial charge on any atom is -0.487 e. The van der Waals surface area contributed by atoms with Gasteiger partial charge in [-0.15, -0.1) is 0 Å². The van der Waals surface area contributed by atoms with Crippen molar-refractivity contribution in [3.8, 4) is 11.5 Å². The van der Waals surface area contributed by atoms with E-state index in [1.165, 1.54) is 6.07 Å². The van der Waals surface area contributed by atoms with Crippen LogP contribution in [0.25, 0.3) is 0 Å². The van der Waals surface area contributed by atoms with E-state index in [1.807, 2.05) is 0 Å². The Bertz CT molecular complexity index is 337. The Morgan fingerprint density at radius 1 is 1.06 bits per heavy atom. The summed E-state index contributed by atoms with van der Waals surface area (Å²) in [6, 6.07) is 4.70. The van der Waals surface area contributed by atoms with Gasteiger partial charge >= 0.3 is 0 Å². The first kappa shape index (κ1) is 12.5. The first-order valence-electron chi connectivity index (χ1n) is 4.88. The molecule has 0 unspecified atom stereocenters. The van der Waals surface area contributed by atoms with Crippen LogP contribution in [-0.4, -0.2) is 42.9 Å². The van der Waals surface area contributed by atoms with Crippen molar-refractivity contribution in [2.75, 3.05) is 26.4 Å². The Labute approximate surface area is 93.2 Å². The minimum atomic E-state index is -0.120. The molecule has 1 aromatic rings. The zero-order chi connectivity index (χ0) is 11.8. The van der Waals surface area contributed by atoms with E-state index in [2.05, 4.69) is 0 Å². The van der Waals surface area contributed by atoms with Crippen LogP contribution in [0, 0.1) is 0 Å². The Kier molecular flexibility index (Phi) is 5.31. The Hall–Kier alpha value is -1.59. The molecule has 0 fully saturated rings. The number of rotatable bonds is 7. The standard InChI is InChI=1S/C11H14O5/c12-3-5-15-10-2-1-9(8-14)7-11(10)16-6-4-13/h1-2,7-8,12-13H,3-6H2. The molecule has 0 heterocycles. The molecule has 0 radical (unpaired) electrons. The second-order valence-corrected chi connectivity index (χ2v) is 2.97. The maximum atomic E-state index is 10.6. The molecule has 5 nitrogen and oxygen atoms in total. The van der Waals surface area contributed by atoms with Gasteiger partial charge in [0.15, 0.2) is 11.5 Å². The van der Waals surface area contributed by atoms with E-state index in [4.69, 9.17) is 19.7 Å². The van der Waals surface area contributed by atoms with Crippen LogP contribution in [0.3, 0.4) is 0 Å². The zero-order valence-electron chi connectivity index (χ0n) is 8.76. The second-order valence-electron chi connectivity index (χ2n) is 2.97. The van der Waals surface area contributed by atoms with Gasteiger partial charge in [0.2, 0.25) is 0 Å². The van der Waals surface area contributed by atoms with Crippen molar-refractivity contribution in [3.63, 3.8) is 0 Å². The van der Waals surface area contributed by atoms with Crippen LogP contribution in [-0.2, 0) is 0 Å². The highest BCUT2D eigenvalue weighted by atomic mass is 16.5. The zero-order valence-corrected chi connectivity index (χ0v) is 8.76. The lowest BCUT2D eigenvalue weighted by atomic mass is 10.2. The SMILES string of the molecule is O=Cc1ccc(OCCO)c(OCCO)c1. The van der Waals surface area contributed by atoms with Gasteiger partial charge in [0, 0.05) is 5.56 Å². The van der Waals surface area contributed by atoms with Crippen molar-refractivity contribution in [1.29, 1.82) is 0 Å². The number of carbonyl (C=O) groups is 1. The van der Waals surface area contributed by atoms with Crippen LogP contribution >= 0.6 is 0 Å². The van der Waals surface area contributed by atoms with Gasteiger partial charge in [-0.2, -0.15) is 0 Å². The quantitative estimate of drug-likeness (QED) is 0.651.